The molecule has 0 aliphatic rings. The van der Waals surface area contributed by atoms with Gasteiger partial charge in [0, 0.05) is 0 Å². The summed E-state index contributed by atoms with van der Waals surface area (Å²) in [6.45, 7) is 0. The van der Waals surface area contributed by atoms with Crippen LogP contribution in [0.2, 0.25) is 0 Å². The molecule has 3 N–H and O–H groups in total. The summed E-state index contributed by atoms with van der Waals surface area (Å²) in [5.41, 5.74) is 3.25. The fraction of sp³-hybridized carbons (Fsp3) is 1.00. The van der Waals surface area contributed by atoms with E-state index in [1.165, 1.54) is 0 Å². The molecule has 0 radical (unpaired) electrons. The Morgan fingerprint density at radius 3 is 0.769 bits per heavy atom. The van der Waals surface area contributed by atoms with Crippen molar-refractivity contribution in [3.05, 3.63) is 0 Å². The Labute approximate surface area is 119 Å². The first kappa shape index (κ1) is 24.0. The summed E-state index contributed by atoms with van der Waals surface area (Å²) in [5.74, 6) is 0. The van der Waals surface area contributed by atoms with E-state index in [2.05, 4.69) is 5.73 Å². The van der Waals surface area contributed by atoms with Crippen LogP contribution in [0.4, 0.5) is 0 Å². The van der Waals surface area contributed by atoms with Crippen LogP contribution in [0.5, 0.6) is 0 Å². The van der Waals surface area contributed by atoms with Crippen LogP contribution in [0.25, 0.3) is 0 Å². The molecule has 0 rings (SSSR count). The van der Waals surface area contributed by atoms with Gasteiger partial charge in [-0.2, -0.15) is 0 Å². The average Bonchev–Trinajstić information content (AvgIpc) is 1.59. The van der Waals surface area contributed by atoms with E-state index in [0.717, 1.165) is 0 Å². The SMILES string of the molecule is C[NH3+].O=[Se](=O)([O-])[O-].O=[Se](=O)([O-])[O-].[Eu+3]. The van der Waals surface area contributed by atoms with E-state index in [1.54, 1.807) is 7.05 Å². The van der Waals surface area contributed by atoms with Crippen molar-refractivity contribution in [3.63, 3.8) is 0 Å². The van der Waals surface area contributed by atoms with Crippen molar-refractivity contribution in [2.75, 3.05) is 7.05 Å². The summed E-state index contributed by atoms with van der Waals surface area (Å²) in [7, 11) is 1.75. The van der Waals surface area contributed by atoms with Gasteiger partial charge in [0.2, 0.25) is 0 Å². The van der Waals surface area contributed by atoms with Crippen LogP contribution < -0.4 is 22.5 Å². The molecule has 0 spiro atoms. The van der Waals surface area contributed by atoms with Gasteiger partial charge in [-0.05, 0) is 0 Å². The molecule has 0 aliphatic heterocycles. The maximum Gasteiger partial charge on any atom is 3.00 e. The molecule has 82 valence electrons. The maximum absolute atomic E-state index is 8.59. The summed E-state index contributed by atoms with van der Waals surface area (Å²) in [5, 5.41) is 0. The molecule has 0 amide bonds. The monoisotopic (exact) mass is 473 g/mol. The van der Waals surface area contributed by atoms with E-state index in [9.17, 15) is 0 Å². The van der Waals surface area contributed by atoms with E-state index >= 15 is 0 Å². The van der Waals surface area contributed by atoms with Crippen LogP contribution in [0.3, 0.4) is 0 Å². The predicted octanol–water partition coefficient (Wildman–Crippen LogP) is -7.13. The number of rotatable bonds is 0. The van der Waals surface area contributed by atoms with Crippen LogP contribution in [-0.2, 0) is 15.3 Å². The Morgan fingerprint density at radius 2 is 0.769 bits per heavy atom. The van der Waals surface area contributed by atoms with Crippen LogP contribution in [0.15, 0.2) is 0 Å². The zero-order valence-electron chi connectivity index (χ0n) is 6.17. The van der Waals surface area contributed by atoms with E-state index in [4.69, 9.17) is 32.1 Å². The molecule has 0 unspecified atom stereocenters. The third kappa shape index (κ3) is 698. The Bertz CT molecular complexity index is 219. The van der Waals surface area contributed by atoms with Crippen molar-refractivity contribution in [2.45, 2.75) is 0 Å². The summed E-state index contributed by atoms with van der Waals surface area (Å²) in [6.07, 6.45) is 0. The first-order chi connectivity index (χ1) is 5.00. The first-order valence-electron chi connectivity index (χ1n) is 2.04. The molecule has 13 heavy (non-hydrogen) atoms. The van der Waals surface area contributed by atoms with Crippen molar-refractivity contribution in [1.29, 1.82) is 0 Å². The first-order valence-corrected chi connectivity index (χ1v) is 7.64. The minimum Gasteiger partial charge on any atom is 3.00 e. The number of quaternary nitrogens is 1. The van der Waals surface area contributed by atoms with E-state index in [1.807, 2.05) is 0 Å². The second-order valence-corrected chi connectivity index (χ2v) is 4.24. The molecule has 0 bridgehead atoms. The molecule has 0 saturated carbocycles. The molecule has 0 aliphatic carbocycles. The largest absolute Gasteiger partial charge is 3.00 e. The second kappa shape index (κ2) is 11.7. The van der Waals surface area contributed by atoms with Crippen molar-refractivity contribution >= 4 is 26.7 Å². The third-order valence-corrected chi connectivity index (χ3v) is 0. The van der Waals surface area contributed by atoms with Crippen LogP contribution in [-0.4, -0.2) is 33.8 Å². The summed E-state index contributed by atoms with van der Waals surface area (Å²) < 4.78 is 68.8. The summed E-state index contributed by atoms with van der Waals surface area (Å²) >= 11 is -11.5. The normalized spacial score (nSPS) is 9.38. The quantitative estimate of drug-likeness (QED) is 0.338. The smallest absolute Gasteiger partial charge is 3.00 e. The van der Waals surface area contributed by atoms with Gasteiger partial charge in [-0.15, -0.1) is 0 Å². The topological polar surface area (TPSA) is 188 Å². The average molecular weight is 470 g/mol. The Hall–Kier alpha value is 1.62. The van der Waals surface area contributed by atoms with Crippen molar-refractivity contribution in [1.82, 2.24) is 0 Å². The van der Waals surface area contributed by atoms with Crippen LogP contribution in [0, 0.1) is 49.4 Å². The zero-order valence-corrected chi connectivity index (χ0v) is 12.0. The van der Waals surface area contributed by atoms with Crippen LogP contribution in [0.1, 0.15) is 0 Å². The van der Waals surface area contributed by atoms with Gasteiger partial charge in [0.15, 0.2) is 0 Å². The van der Waals surface area contributed by atoms with Gasteiger partial charge in [0.25, 0.3) is 0 Å². The molecule has 9 nitrogen and oxygen atoms in total. The van der Waals surface area contributed by atoms with E-state index < -0.39 is 26.7 Å². The van der Waals surface area contributed by atoms with Crippen LogP contribution >= 0.6 is 0 Å². The molecule has 0 aromatic heterocycles. The second-order valence-electron chi connectivity index (χ2n) is 0.816. The Balaban J connectivity index is -0.0000000491. The molecule has 0 heterocycles. The molecule has 0 aromatic carbocycles. The minimum atomic E-state index is -5.75. The van der Waals surface area contributed by atoms with E-state index in [-0.39, 0.29) is 49.4 Å². The molecule has 0 saturated heterocycles. The van der Waals surface area contributed by atoms with Gasteiger partial charge in [0.05, 0.1) is 7.05 Å². The minimum absolute atomic E-state index is 0. The van der Waals surface area contributed by atoms with Gasteiger partial charge in [-0.3, -0.25) is 0 Å². The zero-order chi connectivity index (χ0) is 11.0. The van der Waals surface area contributed by atoms with E-state index in [0.29, 0.717) is 0 Å². The summed E-state index contributed by atoms with van der Waals surface area (Å²) in [6, 6.07) is 0. The summed E-state index contributed by atoms with van der Waals surface area (Å²) in [4.78, 5) is 0. The fourth-order valence-electron chi connectivity index (χ4n) is 0. The van der Waals surface area contributed by atoms with Gasteiger partial charge >= 0.3 is 108 Å². The van der Waals surface area contributed by atoms with Crippen molar-refractivity contribution < 1.29 is 87.2 Å². The fourth-order valence-corrected chi connectivity index (χ4v) is 0. The number of hydrogen-bond donors (Lipinski definition) is 1. The Morgan fingerprint density at radius 1 is 0.769 bits per heavy atom. The van der Waals surface area contributed by atoms with Gasteiger partial charge in [-0.25, -0.2) is 0 Å². The molecule has 0 fully saturated rings. The van der Waals surface area contributed by atoms with Crippen molar-refractivity contribution in [3.8, 4) is 0 Å². The molecule has 0 atom stereocenters. The predicted molar refractivity (Wildman–Crippen MR) is 23.1 cm³/mol. The van der Waals surface area contributed by atoms with Gasteiger partial charge in [-0.1, -0.05) is 0 Å². The van der Waals surface area contributed by atoms with Gasteiger partial charge < -0.3 is 5.73 Å². The molecular weight excluding hydrogens is 464 g/mol. The molecule has 0 aromatic rings. The standard InChI is InChI=1S/CH5N.Eu.2H2O4Se/c1-2;;2*1-5(2,3)4/h2H2,1H3;;2*(H2,1,2,3,4)/q;+3;;/p-3. The maximum atomic E-state index is 8.59. The Kier molecular flexibility index (Phi) is 21.6. The van der Waals surface area contributed by atoms with Crippen molar-refractivity contribution in [2.24, 2.45) is 0 Å². The number of hydrogen-bond acceptors (Lipinski definition) is 8. The third-order valence-electron chi connectivity index (χ3n) is 0. The molecular formula is CH6EuNO8Se2. The van der Waals surface area contributed by atoms with Gasteiger partial charge in [0.1, 0.15) is 0 Å². The molecule has 12 heteroatoms.